The van der Waals surface area contributed by atoms with Gasteiger partial charge in [0.15, 0.2) is 0 Å². The molecule has 0 aliphatic heterocycles. The zero-order valence-corrected chi connectivity index (χ0v) is 12.4. The van der Waals surface area contributed by atoms with E-state index in [2.05, 4.69) is 15.8 Å². The molecule has 1 aromatic carbocycles. The summed E-state index contributed by atoms with van der Waals surface area (Å²) in [6, 6.07) is 5.49. The van der Waals surface area contributed by atoms with Crippen molar-refractivity contribution in [3.05, 3.63) is 29.3 Å². The van der Waals surface area contributed by atoms with Crippen molar-refractivity contribution in [2.24, 2.45) is 5.10 Å². The Hall–Kier alpha value is -2.17. The molecule has 0 aromatic heterocycles. The highest BCUT2D eigenvalue weighted by Gasteiger charge is 2.13. The zero-order chi connectivity index (χ0) is 15.1. The zero-order valence-electron chi connectivity index (χ0n) is 12.4. The van der Waals surface area contributed by atoms with Gasteiger partial charge in [0.1, 0.15) is 0 Å². The first-order valence-corrected chi connectivity index (χ1v) is 6.71. The van der Waals surface area contributed by atoms with Crippen LogP contribution in [0.3, 0.4) is 0 Å². The minimum Gasteiger partial charge on any atom is -0.318 e. The van der Waals surface area contributed by atoms with Crippen molar-refractivity contribution in [1.29, 1.82) is 0 Å². The van der Waals surface area contributed by atoms with Gasteiger partial charge in [0.25, 0.3) is 0 Å². The van der Waals surface area contributed by atoms with Crippen LogP contribution in [0.1, 0.15) is 37.8 Å². The smallest absolute Gasteiger partial charge is 0.318 e. The van der Waals surface area contributed by atoms with Crippen molar-refractivity contribution >= 4 is 23.2 Å². The van der Waals surface area contributed by atoms with Gasteiger partial charge in [-0.3, -0.25) is 9.59 Å². The highest BCUT2D eigenvalue weighted by molar-refractivity contribution is 6.39. The summed E-state index contributed by atoms with van der Waals surface area (Å²) in [5.41, 5.74) is 5.90. The van der Waals surface area contributed by atoms with Crippen molar-refractivity contribution in [3.8, 4) is 0 Å². The van der Waals surface area contributed by atoms with E-state index in [9.17, 15) is 9.59 Å². The van der Waals surface area contributed by atoms with Gasteiger partial charge in [0, 0.05) is 11.4 Å². The molecule has 0 aliphatic rings. The summed E-state index contributed by atoms with van der Waals surface area (Å²) in [4.78, 5) is 23.3. The number of anilines is 1. The predicted octanol–water partition coefficient (Wildman–Crippen LogP) is 2.53. The first-order chi connectivity index (χ1) is 9.47. The summed E-state index contributed by atoms with van der Waals surface area (Å²) in [5, 5.41) is 6.46. The van der Waals surface area contributed by atoms with E-state index in [1.54, 1.807) is 6.07 Å². The van der Waals surface area contributed by atoms with E-state index < -0.39 is 11.8 Å². The molecule has 5 nitrogen and oxygen atoms in total. The average molecular weight is 275 g/mol. The predicted molar refractivity (Wildman–Crippen MR) is 80.7 cm³/mol. The molecule has 0 saturated heterocycles. The highest BCUT2D eigenvalue weighted by Crippen LogP contribution is 2.13. The lowest BCUT2D eigenvalue weighted by Crippen LogP contribution is -2.33. The number of carbonyl (C=O) groups is 2. The maximum absolute atomic E-state index is 11.7. The molecule has 0 heterocycles. The summed E-state index contributed by atoms with van der Waals surface area (Å²) in [6.07, 6.45) is 1.49. The number of hydrogen-bond donors (Lipinski definition) is 2. The Kier molecular flexibility index (Phi) is 5.90. The van der Waals surface area contributed by atoms with Crippen LogP contribution in [0.4, 0.5) is 5.69 Å². The number of aryl methyl sites for hydroxylation is 2. The molecule has 1 aromatic rings. The third kappa shape index (κ3) is 4.50. The number of nitrogens with zero attached hydrogens (tertiary/aromatic N) is 1. The van der Waals surface area contributed by atoms with E-state index in [4.69, 9.17) is 0 Å². The van der Waals surface area contributed by atoms with Gasteiger partial charge in [-0.15, -0.1) is 0 Å². The van der Waals surface area contributed by atoms with Gasteiger partial charge in [0.05, 0.1) is 0 Å². The number of carbonyl (C=O) groups excluding carboxylic acids is 2. The number of hydrogen-bond acceptors (Lipinski definition) is 3. The molecule has 0 atom stereocenters. The third-order valence-corrected chi connectivity index (χ3v) is 3.10. The van der Waals surface area contributed by atoms with Gasteiger partial charge < -0.3 is 5.32 Å². The van der Waals surface area contributed by atoms with Gasteiger partial charge in [-0.1, -0.05) is 19.9 Å². The van der Waals surface area contributed by atoms with E-state index in [-0.39, 0.29) is 0 Å². The molecular weight excluding hydrogens is 254 g/mol. The van der Waals surface area contributed by atoms with Crippen LogP contribution in [0.5, 0.6) is 0 Å². The highest BCUT2D eigenvalue weighted by atomic mass is 16.2. The molecule has 0 bridgehead atoms. The Labute approximate surface area is 119 Å². The first kappa shape index (κ1) is 15.9. The maximum Gasteiger partial charge on any atom is 0.329 e. The second kappa shape index (κ2) is 7.43. The lowest BCUT2D eigenvalue weighted by Gasteiger charge is -2.07. The van der Waals surface area contributed by atoms with Crippen LogP contribution in [-0.4, -0.2) is 17.5 Å². The molecular formula is C15H21N3O2. The molecule has 0 spiro atoms. The fourth-order valence-corrected chi connectivity index (χ4v) is 1.60. The summed E-state index contributed by atoms with van der Waals surface area (Å²) in [7, 11) is 0. The second-order valence-electron chi connectivity index (χ2n) is 4.58. The van der Waals surface area contributed by atoms with Gasteiger partial charge in [-0.2, -0.15) is 5.10 Å². The summed E-state index contributed by atoms with van der Waals surface area (Å²) in [6.45, 7) is 7.83. The topological polar surface area (TPSA) is 70.6 Å². The first-order valence-electron chi connectivity index (χ1n) is 6.71. The minimum absolute atomic E-state index is 0.600. The maximum atomic E-state index is 11.7. The van der Waals surface area contributed by atoms with E-state index in [0.717, 1.165) is 29.7 Å². The molecule has 5 heteroatoms. The number of hydrazone groups is 1. The summed E-state index contributed by atoms with van der Waals surface area (Å²) >= 11 is 0. The molecule has 2 amide bonds. The Morgan fingerprint density at radius 2 is 1.70 bits per heavy atom. The van der Waals surface area contributed by atoms with Crippen molar-refractivity contribution in [3.63, 3.8) is 0 Å². The molecule has 0 saturated carbocycles. The van der Waals surface area contributed by atoms with E-state index in [0.29, 0.717) is 5.69 Å². The van der Waals surface area contributed by atoms with E-state index in [1.807, 2.05) is 39.8 Å². The van der Waals surface area contributed by atoms with Crippen molar-refractivity contribution < 1.29 is 9.59 Å². The molecule has 108 valence electrons. The number of rotatable bonds is 4. The molecule has 1 rings (SSSR count). The fraction of sp³-hybridized carbons (Fsp3) is 0.400. The van der Waals surface area contributed by atoms with Crippen LogP contribution < -0.4 is 10.7 Å². The lowest BCUT2D eigenvalue weighted by atomic mass is 10.1. The number of benzene rings is 1. The third-order valence-electron chi connectivity index (χ3n) is 3.10. The van der Waals surface area contributed by atoms with Crippen LogP contribution in [0.15, 0.2) is 23.3 Å². The molecule has 0 fully saturated rings. The SMILES string of the molecule is CCC(CC)=NNC(=O)C(=O)Nc1ccc(C)c(C)c1. The normalized spacial score (nSPS) is 9.80. The summed E-state index contributed by atoms with van der Waals surface area (Å²) in [5.74, 6) is -1.48. The lowest BCUT2D eigenvalue weighted by molar-refractivity contribution is -0.136. The minimum atomic E-state index is -0.761. The monoisotopic (exact) mass is 275 g/mol. The molecule has 0 unspecified atom stereocenters. The second-order valence-corrected chi connectivity index (χ2v) is 4.58. The number of amides is 2. The summed E-state index contributed by atoms with van der Waals surface area (Å²) < 4.78 is 0. The van der Waals surface area contributed by atoms with E-state index >= 15 is 0 Å². The Bertz CT molecular complexity index is 530. The Morgan fingerprint density at radius 1 is 1.05 bits per heavy atom. The molecule has 2 N–H and O–H groups in total. The van der Waals surface area contributed by atoms with Crippen LogP contribution in [0, 0.1) is 13.8 Å². The quantitative estimate of drug-likeness (QED) is 0.503. The Morgan fingerprint density at radius 3 is 2.25 bits per heavy atom. The van der Waals surface area contributed by atoms with Gasteiger partial charge in [-0.25, -0.2) is 5.43 Å². The number of nitrogens with one attached hydrogen (secondary N) is 2. The fourth-order valence-electron chi connectivity index (χ4n) is 1.60. The standard InChI is InChI=1S/C15H21N3O2/c1-5-12(6-2)17-18-15(20)14(19)16-13-8-7-10(3)11(4)9-13/h7-9H,5-6H2,1-4H3,(H,16,19)(H,18,20). The Balaban J connectivity index is 2.64. The van der Waals surface area contributed by atoms with Crippen molar-refractivity contribution in [1.82, 2.24) is 5.43 Å². The van der Waals surface area contributed by atoms with Crippen molar-refractivity contribution in [2.45, 2.75) is 40.5 Å². The molecule has 20 heavy (non-hydrogen) atoms. The molecule has 0 aliphatic carbocycles. The molecule has 0 radical (unpaired) electrons. The van der Waals surface area contributed by atoms with Gasteiger partial charge in [-0.05, 0) is 49.9 Å². The van der Waals surface area contributed by atoms with Crippen LogP contribution in [0.25, 0.3) is 0 Å². The largest absolute Gasteiger partial charge is 0.329 e. The average Bonchev–Trinajstić information content (AvgIpc) is 2.43. The van der Waals surface area contributed by atoms with Crippen molar-refractivity contribution in [2.75, 3.05) is 5.32 Å². The van der Waals surface area contributed by atoms with Crippen LogP contribution in [-0.2, 0) is 9.59 Å². The van der Waals surface area contributed by atoms with Crippen LogP contribution in [0.2, 0.25) is 0 Å². The van der Waals surface area contributed by atoms with Gasteiger partial charge >= 0.3 is 11.8 Å². The van der Waals surface area contributed by atoms with Crippen LogP contribution >= 0.6 is 0 Å². The van der Waals surface area contributed by atoms with E-state index in [1.165, 1.54) is 0 Å². The van der Waals surface area contributed by atoms with Gasteiger partial charge in [0.2, 0.25) is 0 Å².